The first-order chi connectivity index (χ1) is 10.2. The summed E-state index contributed by atoms with van der Waals surface area (Å²) in [6.45, 7) is 0.0940. The van der Waals surface area contributed by atoms with Crippen molar-refractivity contribution < 1.29 is 21.6 Å². The Hall–Kier alpha value is -1.08. The molecule has 0 bridgehead atoms. The summed E-state index contributed by atoms with van der Waals surface area (Å²) in [5, 5.41) is -1.32. The molecule has 22 heavy (non-hydrogen) atoms. The van der Waals surface area contributed by atoms with Gasteiger partial charge in [0.1, 0.15) is 0 Å². The summed E-state index contributed by atoms with van der Waals surface area (Å²) in [5.41, 5.74) is -1.20. The minimum atomic E-state index is -4.49. The van der Waals surface area contributed by atoms with E-state index >= 15 is 0 Å². The van der Waals surface area contributed by atoms with Crippen molar-refractivity contribution in [2.45, 2.75) is 30.8 Å². The van der Waals surface area contributed by atoms with E-state index in [9.17, 15) is 21.6 Å². The Morgan fingerprint density at radius 3 is 2.50 bits per heavy atom. The minimum Gasteiger partial charge on any atom is -0.297 e. The second-order valence-electron chi connectivity index (χ2n) is 6.27. The molecule has 0 radical (unpaired) electrons. The lowest BCUT2D eigenvalue weighted by atomic mass is 9.81. The van der Waals surface area contributed by atoms with Crippen LogP contribution in [0.4, 0.5) is 13.2 Å². The lowest BCUT2D eigenvalue weighted by Crippen LogP contribution is -2.53. The number of hydrogen-bond acceptors (Lipinski definition) is 3. The van der Waals surface area contributed by atoms with E-state index in [0.717, 1.165) is 5.56 Å². The predicted octanol–water partition coefficient (Wildman–Crippen LogP) is 2.63. The van der Waals surface area contributed by atoms with Crippen molar-refractivity contribution in [3.8, 4) is 0 Å². The van der Waals surface area contributed by atoms with Gasteiger partial charge in [-0.15, -0.1) is 0 Å². The number of fused-ring (bicyclic) bond motifs is 1. The second-order valence-corrected chi connectivity index (χ2v) is 8.57. The van der Waals surface area contributed by atoms with Gasteiger partial charge in [-0.2, -0.15) is 13.2 Å². The van der Waals surface area contributed by atoms with Gasteiger partial charge in [-0.1, -0.05) is 30.3 Å². The minimum absolute atomic E-state index is 0.0310. The van der Waals surface area contributed by atoms with E-state index < -0.39 is 26.7 Å². The molecule has 3 rings (SSSR count). The predicted molar refractivity (Wildman–Crippen MR) is 77.0 cm³/mol. The Kier molecular flexibility index (Phi) is 3.76. The lowest BCUT2D eigenvalue weighted by molar-refractivity contribution is -0.221. The van der Waals surface area contributed by atoms with Crippen LogP contribution < -0.4 is 0 Å². The maximum absolute atomic E-state index is 13.7. The van der Waals surface area contributed by atoms with Gasteiger partial charge in [0.2, 0.25) is 0 Å². The van der Waals surface area contributed by atoms with Gasteiger partial charge in [0.15, 0.2) is 9.84 Å². The third-order valence-electron chi connectivity index (χ3n) is 4.84. The fourth-order valence-corrected chi connectivity index (χ4v) is 6.06. The molecule has 122 valence electrons. The number of halogens is 3. The van der Waals surface area contributed by atoms with Crippen LogP contribution in [0.5, 0.6) is 0 Å². The zero-order valence-electron chi connectivity index (χ0n) is 12.0. The highest BCUT2D eigenvalue weighted by molar-refractivity contribution is 7.92. The Bertz CT molecular complexity index is 645. The smallest absolute Gasteiger partial charge is 0.297 e. The van der Waals surface area contributed by atoms with Gasteiger partial charge >= 0.3 is 6.18 Å². The summed E-state index contributed by atoms with van der Waals surface area (Å²) in [5.74, 6) is -0.130. The lowest BCUT2D eigenvalue weighted by Gasteiger charge is -2.39. The third-order valence-corrected chi connectivity index (χ3v) is 7.17. The monoisotopic (exact) mass is 333 g/mol. The van der Waals surface area contributed by atoms with Gasteiger partial charge in [0, 0.05) is 19.6 Å². The van der Waals surface area contributed by atoms with Crippen molar-refractivity contribution >= 4 is 9.84 Å². The van der Waals surface area contributed by atoms with E-state index in [1.165, 1.54) is 0 Å². The summed E-state index contributed by atoms with van der Waals surface area (Å²) in [6, 6.07) is 9.19. The van der Waals surface area contributed by atoms with E-state index in [0.29, 0.717) is 6.54 Å². The van der Waals surface area contributed by atoms with Crippen LogP contribution in [0.3, 0.4) is 0 Å². The first-order valence-electron chi connectivity index (χ1n) is 7.29. The molecular weight excluding hydrogens is 315 g/mol. The van der Waals surface area contributed by atoms with Crippen molar-refractivity contribution in [2.24, 2.45) is 5.41 Å². The van der Waals surface area contributed by atoms with Crippen molar-refractivity contribution in [1.29, 1.82) is 0 Å². The number of hydrogen-bond donors (Lipinski definition) is 0. The molecule has 0 aromatic heterocycles. The normalized spacial score (nSPS) is 31.9. The van der Waals surface area contributed by atoms with E-state index in [-0.39, 0.29) is 31.7 Å². The van der Waals surface area contributed by atoms with E-state index in [1.807, 2.05) is 30.3 Å². The molecule has 0 saturated carbocycles. The van der Waals surface area contributed by atoms with Crippen molar-refractivity contribution in [3.05, 3.63) is 35.9 Å². The highest BCUT2D eigenvalue weighted by Gasteiger charge is 2.67. The number of alkyl halides is 3. The molecule has 0 N–H and O–H groups in total. The zero-order chi connectivity index (χ0) is 16.0. The molecule has 7 heteroatoms. The molecule has 2 atom stereocenters. The maximum atomic E-state index is 13.7. The van der Waals surface area contributed by atoms with Crippen molar-refractivity contribution in [1.82, 2.24) is 4.90 Å². The molecule has 2 fully saturated rings. The fourth-order valence-electron chi connectivity index (χ4n) is 3.78. The summed E-state index contributed by atoms with van der Waals surface area (Å²) >= 11 is 0. The largest absolute Gasteiger partial charge is 0.397 e. The Labute approximate surface area is 128 Å². The first kappa shape index (κ1) is 15.8. The summed E-state index contributed by atoms with van der Waals surface area (Å²) in [7, 11) is -3.69. The molecule has 2 heterocycles. The highest BCUT2D eigenvalue weighted by Crippen LogP contribution is 2.53. The van der Waals surface area contributed by atoms with E-state index in [1.54, 1.807) is 4.90 Å². The quantitative estimate of drug-likeness (QED) is 0.835. The molecule has 0 aliphatic carbocycles. The molecule has 2 saturated heterocycles. The van der Waals surface area contributed by atoms with Crippen LogP contribution in [0.1, 0.15) is 18.4 Å². The fraction of sp³-hybridized carbons (Fsp3) is 0.600. The van der Waals surface area contributed by atoms with Gasteiger partial charge in [0.25, 0.3) is 0 Å². The first-order valence-corrected chi connectivity index (χ1v) is 9.01. The molecule has 0 unspecified atom stereocenters. The summed E-state index contributed by atoms with van der Waals surface area (Å²) in [4.78, 5) is 1.64. The average molecular weight is 333 g/mol. The standard InChI is InChI=1S/C15H18F3NO2S/c16-15(17,18)14-7-4-8-22(20,21)13(14)10-19(11-14)9-12-5-2-1-3-6-12/h1-3,5-6,13H,4,7-11H2/t13-,14-/m1/s1. The molecule has 0 spiro atoms. The second kappa shape index (κ2) is 5.23. The van der Waals surface area contributed by atoms with Crippen molar-refractivity contribution in [3.63, 3.8) is 0 Å². The molecular formula is C15H18F3NO2S. The SMILES string of the molecule is O=S1(=O)CCC[C@@]2(C(F)(F)F)CN(Cc3ccccc3)C[C@H]21. The highest BCUT2D eigenvalue weighted by atomic mass is 32.2. The summed E-state index contributed by atoms with van der Waals surface area (Å²) < 4.78 is 65.3. The van der Waals surface area contributed by atoms with Crippen LogP contribution in [0.25, 0.3) is 0 Å². The average Bonchev–Trinajstić information content (AvgIpc) is 2.80. The maximum Gasteiger partial charge on any atom is 0.397 e. The van der Waals surface area contributed by atoms with E-state index in [4.69, 9.17) is 0 Å². The Morgan fingerprint density at radius 2 is 1.91 bits per heavy atom. The Morgan fingerprint density at radius 1 is 1.23 bits per heavy atom. The van der Waals surface area contributed by atoms with Crippen LogP contribution in [-0.2, 0) is 16.4 Å². The topological polar surface area (TPSA) is 37.4 Å². The van der Waals surface area contributed by atoms with Gasteiger partial charge in [-0.25, -0.2) is 8.42 Å². The van der Waals surface area contributed by atoms with Gasteiger partial charge < -0.3 is 0 Å². The van der Waals surface area contributed by atoms with Gasteiger partial charge in [-0.05, 0) is 18.4 Å². The van der Waals surface area contributed by atoms with Crippen LogP contribution in [0, 0.1) is 5.41 Å². The molecule has 0 amide bonds. The van der Waals surface area contributed by atoms with Crippen LogP contribution in [0.15, 0.2) is 30.3 Å². The third kappa shape index (κ3) is 2.54. The number of likely N-dealkylation sites (tertiary alicyclic amines) is 1. The van der Waals surface area contributed by atoms with Crippen LogP contribution >= 0.6 is 0 Å². The van der Waals surface area contributed by atoms with Crippen molar-refractivity contribution in [2.75, 3.05) is 18.8 Å². The van der Waals surface area contributed by atoms with Gasteiger partial charge in [0.05, 0.1) is 16.4 Å². The van der Waals surface area contributed by atoms with Crippen LogP contribution in [-0.4, -0.2) is 43.6 Å². The Balaban J connectivity index is 1.91. The number of nitrogens with zero attached hydrogens (tertiary/aromatic N) is 1. The number of benzene rings is 1. The van der Waals surface area contributed by atoms with Gasteiger partial charge in [-0.3, -0.25) is 4.90 Å². The summed E-state index contributed by atoms with van der Waals surface area (Å²) in [6.07, 6.45) is -4.49. The number of sulfone groups is 1. The molecule has 3 nitrogen and oxygen atoms in total. The zero-order valence-corrected chi connectivity index (χ0v) is 12.8. The number of rotatable bonds is 2. The van der Waals surface area contributed by atoms with Crippen LogP contribution in [0.2, 0.25) is 0 Å². The van der Waals surface area contributed by atoms with E-state index in [2.05, 4.69) is 0 Å². The molecule has 2 aliphatic rings. The molecule has 1 aromatic rings. The molecule has 1 aromatic carbocycles. The molecule has 2 aliphatic heterocycles.